The molecule has 4 heteroatoms. The number of rotatable bonds is 5. The maximum absolute atomic E-state index is 4.88. The zero-order valence-electron chi connectivity index (χ0n) is 12.3. The van der Waals surface area contributed by atoms with Crippen LogP contribution in [-0.2, 0) is 6.54 Å². The maximum atomic E-state index is 4.88. The van der Waals surface area contributed by atoms with Gasteiger partial charge in [0.2, 0.25) is 0 Å². The lowest BCUT2D eigenvalue weighted by Gasteiger charge is -2.09. The van der Waals surface area contributed by atoms with Crippen molar-refractivity contribution < 1.29 is 0 Å². The summed E-state index contributed by atoms with van der Waals surface area (Å²) in [6.07, 6.45) is 0. The van der Waals surface area contributed by atoms with Gasteiger partial charge >= 0.3 is 0 Å². The number of hydrogen-bond donors (Lipinski definition) is 1. The fourth-order valence-corrected chi connectivity index (χ4v) is 4.09. The Balaban J connectivity index is 2.32. The molecule has 2 rings (SSSR count). The minimum atomic E-state index is 0.480. The first-order chi connectivity index (χ1) is 8.99. The zero-order chi connectivity index (χ0) is 14.0. The minimum absolute atomic E-state index is 0.480. The van der Waals surface area contributed by atoms with Gasteiger partial charge in [0.15, 0.2) is 0 Å². The molecule has 2 aromatic rings. The van der Waals surface area contributed by atoms with Crippen LogP contribution in [0.25, 0.3) is 10.6 Å². The first-order valence-electron chi connectivity index (χ1n) is 6.75. The van der Waals surface area contributed by atoms with Crippen molar-refractivity contribution in [2.45, 2.75) is 53.1 Å². The lowest BCUT2D eigenvalue weighted by Crippen LogP contribution is -2.22. The van der Waals surface area contributed by atoms with Crippen LogP contribution in [0.1, 0.15) is 49.7 Å². The highest BCUT2D eigenvalue weighted by Gasteiger charge is 2.16. The van der Waals surface area contributed by atoms with E-state index in [0.717, 1.165) is 6.54 Å². The quantitative estimate of drug-likeness (QED) is 0.856. The second kappa shape index (κ2) is 6.16. The second-order valence-corrected chi connectivity index (χ2v) is 7.31. The summed E-state index contributed by atoms with van der Waals surface area (Å²) in [7, 11) is 0. The van der Waals surface area contributed by atoms with Gasteiger partial charge in [-0.15, -0.1) is 11.3 Å². The van der Waals surface area contributed by atoms with Gasteiger partial charge in [-0.2, -0.15) is 11.3 Å². The van der Waals surface area contributed by atoms with E-state index in [4.69, 9.17) is 4.98 Å². The molecule has 2 nitrogen and oxygen atoms in total. The zero-order valence-corrected chi connectivity index (χ0v) is 13.9. The molecule has 0 atom stereocenters. The van der Waals surface area contributed by atoms with Gasteiger partial charge in [-0.3, -0.25) is 0 Å². The summed E-state index contributed by atoms with van der Waals surface area (Å²) in [6, 6.07) is 0.508. The number of thiazole rings is 1. The van der Waals surface area contributed by atoms with Gasteiger partial charge in [0.1, 0.15) is 5.01 Å². The van der Waals surface area contributed by atoms with Crippen molar-refractivity contribution in [1.29, 1.82) is 0 Å². The van der Waals surface area contributed by atoms with Crippen molar-refractivity contribution in [2.75, 3.05) is 0 Å². The van der Waals surface area contributed by atoms with E-state index < -0.39 is 0 Å². The molecule has 0 saturated heterocycles. The van der Waals surface area contributed by atoms with Crippen molar-refractivity contribution in [2.24, 2.45) is 0 Å². The van der Waals surface area contributed by atoms with Gasteiger partial charge in [0, 0.05) is 28.4 Å². The largest absolute Gasteiger partial charge is 0.310 e. The molecule has 0 bridgehead atoms. The lowest BCUT2D eigenvalue weighted by molar-refractivity contribution is 0.588. The van der Waals surface area contributed by atoms with Crippen molar-refractivity contribution in [3.63, 3.8) is 0 Å². The van der Waals surface area contributed by atoms with Crippen molar-refractivity contribution in [3.8, 4) is 10.6 Å². The number of hydrogen-bond acceptors (Lipinski definition) is 4. The average molecular weight is 294 g/mol. The van der Waals surface area contributed by atoms with Crippen LogP contribution >= 0.6 is 22.7 Å². The van der Waals surface area contributed by atoms with Gasteiger partial charge in [-0.25, -0.2) is 4.98 Å². The van der Waals surface area contributed by atoms with E-state index in [1.165, 1.54) is 26.7 Å². The first kappa shape index (κ1) is 14.7. The second-order valence-electron chi connectivity index (χ2n) is 5.49. The van der Waals surface area contributed by atoms with E-state index in [-0.39, 0.29) is 0 Å². The summed E-state index contributed by atoms with van der Waals surface area (Å²) < 4.78 is 0. The van der Waals surface area contributed by atoms with Gasteiger partial charge in [-0.05, 0) is 23.8 Å². The van der Waals surface area contributed by atoms with E-state index in [9.17, 15) is 0 Å². The van der Waals surface area contributed by atoms with Crippen molar-refractivity contribution >= 4 is 22.7 Å². The third kappa shape index (κ3) is 3.44. The summed E-state index contributed by atoms with van der Waals surface area (Å²) >= 11 is 3.59. The Bertz CT molecular complexity index is 538. The Kier molecular flexibility index (Phi) is 4.76. The molecule has 0 aliphatic rings. The summed E-state index contributed by atoms with van der Waals surface area (Å²) in [4.78, 5) is 6.26. The van der Waals surface area contributed by atoms with E-state index in [0.29, 0.717) is 12.0 Å². The van der Waals surface area contributed by atoms with E-state index in [2.05, 4.69) is 50.7 Å². The molecule has 0 amide bonds. The molecule has 2 heterocycles. The fraction of sp³-hybridized carbons (Fsp3) is 0.533. The summed E-state index contributed by atoms with van der Waals surface area (Å²) in [5.41, 5.74) is 3.88. The Labute approximate surface area is 123 Å². The number of aryl methyl sites for hydroxylation is 1. The molecule has 0 saturated carbocycles. The molecule has 1 N–H and O–H groups in total. The highest BCUT2D eigenvalue weighted by Crippen LogP contribution is 2.34. The predicted octanol–water partition coefficient (Wildman–Crippen LogP) is 4.80. The number of aromatic nitrogens is 1. The molecule has 0 spiro atoms. The normalized spacial score (nSPS) is 11.7. The van der Waals surface area contributed by atoms with Crippen LogP contribution in [0.2, 0.25) is 0 Å². The third-order valence-corrected chi connectivity index (χ3v) is 5.00. The minimum Gasteiger partial charge on any atom is -0.310 e. The summed E-state index contributed by atoms with van der Waals surface area (Å²) in [5.74, 6) is 0.480. The van der Waals surface area contributed by atoms with Crippen LogP contribution in [0.5, 0.6) is 0 Å². The Morgan fingerprint density at radius 3 is 2.47 bits per heavy atom. The number of nitrogens with one attached hydrogen (secondary N) is 1. The highest BCUT2D eigenvalue weighted by molar-refractivity contribution is 7.15. The van der Waals surface area contributed by atoms with Crippen LogP contribution < -0.4 is 5.32 Å². The Hall–Kier alpha value is -0.710. The molecule has 0 radical (unpaired) electrons. The standard InChI is InChI=1S/C15H22N2S2/c1-9(2)14-13(6-16-10(3)4)19-15(17-14)12-8-18-7-11(12)5/h7-10,16H,6H2,1-5H3. The molecule has 0 fully saturated rings. The monoisotopic (exact) mass is 294 g/mol. The van der Waals surface area contributed by atoms with E-state index >= 15 is 0 Å². The van der Waals surface area contributed by atoms with Crippen molar-refractivity contribution in [1.82, 2.24) is 10.3 Å². The Morgan fingerprint density at radius 1 is 1.21 bits per heavy atom. The lowest BCUT2D eigenvalue weighted by atomic mass is 10.1. The molecular weight excluding hydrogens is 272 g/mol. The van der Waals surface area contributed by atoms with E-state index in [1.807, 2.05) is 11.3 Å². The molecule has 19 heavy (non-hydrogen) atoms. The van der Waals surface area contributed by atoms with Gasteiger partial charge in [0.25, 0.3) is 0 Å². The van der Waals surface area contributed by atoms with Gasteiger partial charge in [0.05, 0.1) is 5.69 Å². The smallest absolute Gasteiger partial charge is 0.125 e. The molecular formula is C15H22N2S2. The fourth-order valence-electron chi connectivity index (χ4n) is 1.93. The van der Waals surface area contributed by atoms with Gasteiger partial charge < -0.3 is 5.32 Å². The molecule has 104 valence electrons. The summed E-state index contributed by atoms with van der Waals surface area (Å²) in [6.45, 7) is 11.9. The van der Waals surface area contributed by atoms with E-state index in [1.54, 1.807) is 11.3 Å². The Morgan fingerprint density at radius 2 is 1.95 bits per heavy atom. The SMILES string of the molecule is Cc1cscc1-c1nc(C(C)C)c(CNC(C)C)s1. The van der Waals surface area contributed by atoms with Crippen LogP contribution in [-0.4, -0.2) is 11.0 Å². The maximum Gasteiger partial charge on any atom is 0.125 e. The van der Waals surface area contributed by atoms with Crippen LogP contribution in [0.4, 0.5) is 0 Å². The topological polar surface area (TPSA) is 24.9 Å². The molecule has 0 aromatic carbocycles. The molecule has 0 aliphatic heterocycles. The van der Waals surface area contributed by atoms with Crippen molar-refractivity contribution in [3.05, 3.63) is 26.9 Å². The third-order valence-electron chi connectivity index (χ3n) is 3.03. The first-order valence-corrected chi connectivity index (χ1v) is 8.51. The van der Waals surface area contributed by atoms with Gasteiger partial charge in [-0.1, -0.05) is 27.7 Å². The van der Waals surface area contributed by atoms with Crippen LogP contribution in [0.15, 0.2) is 10.8 Å². The molecule has 2 aromatic heterocycles. The number of nitrogens with zero attached hydrogens (tertiary/aromatic N) is 1. The molecule has 0 aliphatic carbocycles. The summed E-state index contributed by atoms with van der Waals surface area (Å²) in [5, 5.41) is 9.07. The van der Waals surface area contributed by atoms with Crippen LogP contribution in [0, 0.1) is 6.92 Å². The predicted molar refractivity (Wildman–Crippen MR) is 86.2 cm³/mol. The highest BCUT2D eigenvalue weighted by atomic mass is 32.1. The number of thiophene rings is 1. The van der Waals surface area contributed by atoms with Crippen LogP contribution in [0.3, 0.4) is 0 Å². The molecule has 0 unspecified atom stereocenters. The average Bonchev–Trinajstić information content (AvgIpc) is 2.91.